The molecule has 7 heteroatoms. The van der Waals surface area contributed by atoms with Gasteiger partial charge in [-0.2, -0.15) is 0 Å². The van der Waals surface area contributed by atoms with Crippen molar-refractivity contribution in [2.75, 3.05) is 5.32 Å². The number of pyridine rings is 1. The van der Waals surface area contributed by atoms with Crippen LogP contribution >= 0.6 is 0 Å². The minimum Gasteiger partial charge on any atom is -0.289 e. The third-order valence-electron chi connectivity index (χ3n) is 4.64. The molecule has 1 saturated carbocycles. The molecular formula is C18H18FN5O. The van der Waals surface area contributed by atoms with Crippen molar-refractivity contribution < 1.29 is 9.18 Å². The fourth-order valence-electron chi connectivity index (χ4n) is 3.34. The summed E-state index contributed by atoms with van der Waals surface area (Å²) in [7, 11) is 0. The molecule has 2 aromatic heterocycles. The van der Waals surface area contributed by atoms with Gasteiger partial charge in [0.25, 0.3) is 5.91 Å². The van der Waals surface area contributed by atoms with Crippen molar-refractivity contribution in [3.05, 3.63) is 48.2 Å². The van der Waals surface area contributed by atoms with Gasteiger partial charge in [0.15, 0.2) is 0 Å². The highest BCUT2D eigenvalue weighted by molar-refractivity contribution is 6.11. The zero-order valence-corrected chi connectivity index (χ0v) is 13.7. The first-order valence-electron chi connectivity index (χ1n) is 8.48. The van der Waals surface area contributed by atoms with E-state index in [0.29, 0.717) is 22.5 Å². The molecule has 0 radical (unpaired) electrons. The highest BCUT2D eigenvalue weighted by Gasteiger charge is 2.19. The van der Waals surface area contributed by atoms with Gasteiger partial charge < -0.3 is 0 Å². The van der Waals surface area contributed by atoms with E-state index in [9.17, 15) is 9.18 Å². The van der Waals surface area contributed by atoms with Gasteiger partial charge in [0.2, 0.25) is 5.95 Å². The van der Waals surface area contributed by atoms with Crippen molar-refractivity contribution >= 4 is 22.8 Å². The van der Waals surface area contributed by atoms with Crippen LogP contribution in [0, 0.1) is 5.82 Å². The standard InChI is InChI=1S/C18H18FN5O/c19-15-9-8-14(16-13(15)7-4-10-20-16)17(25)22-18-21-11-24(23-18)12-5-2-1-3-6-12/h4,7-12H,1-3,5-6H2,(H,22,23,25). The summed E-state index contributed by atoms with van der Waals surface area (Å²) < 4.78 is 15.7. The van der Waals surface area contributed by atoms with E-state index in [-0.39, 0.29) is 5.95 Å². The van der Waals surface area contributed by atoms with E-state index in [1.54, 1.807) is 18.5 Å². The molecule has 1 aromatic carbocycles. The Morgan fingerprint density at radius 1 is 1.16 bits per heavy atom. The fraction of sp³-hybridized carbons (Fsp3) is 0.333. The maximum atomic E-state index is 13.9. The lowest BCUT2D eigenvalue weighted by Crippen LogP contribution is -2.16. The molecule has 0 saturated heterocycles. The summed E-state index contributed by atoms with van der Waals surface area (Å²) in [6, 6.07) is 6.29. The van der Waals surface area contributed by atoms with Crippen LogP contribution in [0.5, 0.6) is 0 Å². The first-order valence-corrected chi connectivity index (χ1v) is 8.48. The Kier molecular flexibility index (Phi) is 4.13. The lowest BCUT2D eigenvalue weighted by Gasteiger charge is -2.21. The number of rotatable bonds is 3. The van der Waals surface area contributed by atoms with Gasteiger partial charge in [-0.05, 0) is 37.1 Å². The number of nitrogens with one attached hydrogen (secondary N) is 1. The van der Waals surface area contributed by atoms with E-state index in [4.69, 9.17) is 0 Å². The average Bonchev–Trinajstić information content (AvgIpc) is 3.11. The molecular weight excluding hydrogens is 321 g/mol. The molecule has 3 aromatic rings. The Balaban J connectivity index is 1.57. The molecule has 25 heavy (non-hydrogen) atoms. The average molecular weight is 339 g/mol. The molecule has 1 aliphatic rings. The second-order valence-electron chi connectivity index (χ2n) is 6.29. The van der Waals surface area contributed by atoms with Crippen LogP contribution in [0.15, 0.2) is 36.8 Å². The molecule has 4 rings (SSSR count). The van der Waals surface area contributed by atoms with E-state index >= 15 is 0 Å². The third-order valence-corrected chi connectivity index (χ3v) is 4.64. The summed E-state index contributed by atoms with van der Waals surface area (Å²) in [4.78, 5) is 20.9. The number of anilines is 1. The zero-order valence-electron chi connectivity index (χ0n) is 13.7. The molecule has 1 aliphatic carbocycles. The van der Waals surface area contributed by atoms with E-state index in [1.807, 2.05) is 4.68 Å². The highest BCUT2D eigenvalue weighted by atomic mass is 19.1. The Morgan fingerprint density at radius 2 is 2.00 bits per heavy atom. The number of hydrogen-bond donors (Lipinski definition) is 1. The van der Waals surface area contributed by atoms with Crippen LogP contribution in [0.2, 0.25) is 0 Å². The normalized spacial score (nSPS) is 15.4. The summed E-state index contributed by atoms with van der Waals surface area (Å²) >= 11 is 0. The lowest BCUT2D eigenvalue weighted by atomic mass is 9.96. The second kappa shape index (κ2) is 6.58. The number of carbonyl (C=O) groups excluding carboxylic acids is 1. The number of fused-ring (bicyclic) bond motifs is 1. The third kappa shape index (κ3) is 3.09. The SMILES string of the molecule is O=C(Nc1ncn(C2CCCCC2)n1)c1ccc(F)c2cccnc12. The molecule has 1 amide bonds. The van der Waals surface area contributed by atoms with Crippen LogP contribution in [-0.2, 0) is 0 Å². The van der Waals surface area contributed by atoms with Crippen LogP contribution in [0.4, 0.5) is 10.3 Å². The molecule has 0 spiro atoms. The minimum absolute atomic E-state index is 0.254. The molecule has 2 heterocycles. The van der Waals surface area contributed by atoms with Crippen LogP contribution in [0.25, 0.3) is 10.9 Å². The van der Waals surface area contributed by atoms with E-state index in [1.165, 1.54) is 37.6 Å². The predicted molar refractivity (Wildman–Crippen MR) is 91.8 cm³/mol. The van der Waals surface area contributed by atoms with Gasteiger partial charge in [0.05, 0.1) is 17.1 Å². The van der Waals surface area contributed by atoms with Crippen LogP contribution in [-0.4, -0.2) is 25.7 Å². The van der Waals surface area contributed by atoms with Crippen LogP contribution < -0.4 is 5.32 Å². The van der Waals surface area contributed by atoms with Gasteiger partial charge in [-0.1, -0.05) is 19.3 Å². The molecule has 6 nitrogen and oxygen atoms in total. The predicted octanol–water partition coefficient (Wildman–Crippen LogP) is 3.72. The summed E-state index contributed by atoms with van der Waals surface area (Å²) in [5, 5.41) is 7.38. The van der Waals surface area contributed by atoms with Crippen molar-refractivity contribution in [1.29, 1.82) is 0 Å². The zero-order chi connectivity index (χ0) is 17.2. The minimum atomic E-state index is -0.403. The Labute approximate surface area is 144 Å². The lowest BCUT2D eigenvalue weighted by molar-refractivity contribution is 0.102. The fourth-order valence-corrected chi connectivity index (χ4v) is 3.34. The first-order chi connectivity index (χ1) is 12.2. The van der Waals surface area contributed by atoms with E-state index in [0.717, 1.165) is 12.8 Å². The Hall–Kier alpha value is -2.83. The largest absolute Gasteiger partial charge is 0.289 e. The molecule has 1 N–H and O–H groups in total. The van der Waals surface area contributed by atoms with Gasteiger partial charge in [0.1, 0.15) is 12.1 Å². The van der Waals surface area contributed by atoms with Gasteiger partial charge in [-0.15, -0.1) is 5.10 Å². The Bertz CT molecular complexity index is 917. The number of hydrogen-bond acceptors (Lipinski definition) is 4. The number of nitrogens with zero attached hydrogens (tertiary/aromatic N) is 4. The van der Waals surface area contributed by atoms with Gasteiger partial charge in [-0.3, -0.25) is 15.1 Å². The summed E-state index contributed by atoms with van der Waals surface area (Å²) in [5.41, 5.74) is 0.623. The van der Waals surface area contributed by atoms with Gasteiger partial charge in [0, 0.05) is 11.6 Å². The first kappa shape index (κ1) is 15.7. The number of benzene rings is 1. The molecule has 0 aliphatic heterocycles. The number of amides is 1. The molecule has 1 fully saturated rings. The maximum Gasteiger partial charge on any atom is 0.260 e. The monoisotopic (exact) mass is 339 g/mol. The van der Waals surface area contributed by atoms with Gasteiger partial charge >= 0.3 is 0 Å². The van der Waals surface area contributed by atoms with Crippen molar-refractivity contribution in [3.8, 4) is 0 Å². The number of carbonyl (C=O) groups is 1. The molecule has 0 atom stereocenters. The molecule has 128 valence electrons. The van der Waals surface area contributed by atoms with Crippen LogP contribution in [0.3, 0.4) is 0 Å². The molecule has 0 bridgehead atoms. The summed E-state index contributed by atoms with van der Waals surface area (Å²) in [5.74, 6) is -0.548. The van der Waals surface area contributed by atoms with Gasteiger partial charge in [-0.25, -0.2) is 14.1 Å². The van der Waals surface area contributed by atoms with Crippen molar-refractivity contribution in [2.24, 2.45) is 0 Å². The van der Waals surface area contributed by atoms with Crippen molar-refractivity contribution in [3.63, 3.8) is 0 Å². The smallest absolute Gasteiger partial charge is 0.260 e. The van der Waals surface area contributed by atoms with E-state index < -0.39 is 11.7 Å². The van der Waals surface area contributed by atoms with Crippen molar-refractivity contribution in [1.82, 2.24) is 19.7 Å². The quantitative estimate of drug-likeness (QED) is 0.789. The topological polar surface area (TPSA) is 72.7 Å². The number of halogens is 1. The second-order valence-corrected chi connectivity index (χ2v) is 6.29. The Morgan fingerprint density at radius 3 is 2.84 bits per heavy atom. The maximum absolute atomic E-state index is 13.9. The number of aromatic nitrogens is 4. The molecule has 0 unspecified atom stereocenters. The highest BCUT2D eigenvalue weighted by Crippen LogP contribution is 2.27. The summed E-state index contributed by atoms with van der Waals surface area (Å²) in [6.07, 6.45) is 9.02. The van der Waals surface area contributed by atoms with E-state index in [2.05, 4.69) is 20.4 Å². The summed E-state index contributed by atoms with van der Waals surface area (Å²) in [6.45, 7) is 0. The van der Waals surface area contributed by atoms with Crippen molar-refractivity contribution in [2.45, 2.75) is 38.1 Å². The van der Waals surface area contributed by atoms with Crippen LogP contribution in [0.1, 0.15) is 48.5 Å².